The van der Waals surface area contributed by atoms with Crippen molar-refractivity contribution < 1.29 is 39.6 Å². The Kier molecular flexibility index (Phi) is 4.68. The quantitative estimate of drug-likeness (QED) is 0.635. The van der Waals surface area contributed by atoms with Gasteiger partial charge in [0.2, 0.25) is 0 Å². The van der Waals surface area contributed by atoms with Gasteiger partial charge in [0.05, 0.1) is 23.0 Å². The van der Waals surface area contributed by atoms with Crippen LogP contribution < -0.4 is 0 Å². The van der Waals surface area contributed by atoms with Gasteiger partial charge < -0.3 is 20.4 Å². The molecule has 1 aliphatic rings. The first-order valence-corrected chi connectivity index (χ1v) is 6.99. The highest BCUT2D eigenvalue weighted by Crippen LogP contribution is 2.35. The maximum Gasteiger partial charge on any atom is 0.336 e. The Hall–Kier alpha value is -3.16. The molecule has 1 aliphatic carbocycles. The van der Waals surface area contributed by atoms with Crippen molar-refractivity contribution in [3.05, 3.63) is 41.0 Å². The first-order chi connectivity index (χ1) is 11.2. The first-order valence-electron chi connectivity index (χ1n) is 6.99. The molecule has 1 aromatic rings. The third kappa shape index (κ3) is 3.27. The van der Waals surface area contributed by atoms with Gasteiger partial charge in [-0.15, -0.1) is 0 Å². The summed E-state index contributed by atoms with van der Waals surface area (Å²) in [6.45, 7) is 0. The molecule has 0 radical (unpaired) electrons. The predicted molar refractivity (Wildman–Crippen MR) is 79.8 cm³/mol. The van der Waals surface area contributed by atoms with Crippen molar-refractivity contribution in [3.63, 3.8) is 0 Å². The van der Waals surface area contributed by atoms with Crippen LogP contribution in [0.1, 0.15) is 39.1 Å². The van der Waals surface area contributed by atoms with E-state index in [4.69, 9.17) is 15.3 Å². The number of aromatic carboxylic acids is 2. The lowest BCUT2D eigenvalue weighted by atomic mass is 9.78. The maximum absolute atomic E-state index is 11.3. The highest BCUT2D eigenvalue weighted by molar-refractivity contribution is 6.02. The van der Waals surface area contributed by atoms with Crippen LogP contribution in [0.3, 0.4) is 0 Å². The summed E-state index contributed by atoms with van der Waals surface area (Å²) in [4.78, 5) is 44.7. The number of hydrogen-bond donors (Lipinski definition) is 4. The molecular formula is C16H14O8. The van der Waals surface area contributed by atoms with Crippen molar-refractivity contribution >= 4 is 29.5 Å². The monoisotopic (exact) mass is 334 g/mol. The molecule has 0 fully saturated rings. The maximum atomic E-state index is 11.3. The van der Waals surface area contributed by atoms with Crippen LogP contribution in [0.15, 0.2) is 24.3 Å². The van der Waals surface area contributed by atoms with Gasteiger partial charge >= 0.3 is 23.9 Å². The summed E-state index contributed by atoms with van der Waals surface area (Å²) in [5.41, 5.74) is 0.0702. The van der Waals surface area contributed by atoms with E-state index < -0.39 is 41.3 Å². The summed E-state index contributed by atoms with van der Waals surface area (Å²) in [5.74, 6) is -7.55. The average molecular weight is 334 g/mol. The Labute approximate surface area is 135 Å². The number of aliphatic carboxylic acids is 2. The normalized spacial score (nSPS) is 20.1. The van der Waals surface area contributed by atoms with Crippen LogP contribution in [-0.4, -0.2) is 44.3 Å². The van der Waals surface area contributed by atoms with Gasteiger partial charge in [-0.25, -0.2) is 9.59 Å². The number of allylic oxidation sites excluding steroid dienone is 1. The Morgan fingerprint density at radius 2 is 1.50 bits per heavy atom. The number of benzene rings is 1. The van der Waals surface area contributed by atoms with Gasteiger partial charge in [0, 0.05) is 0 Å². The molecule has 2 unspecified atom stereocenters. The largest absolute Gasteiger partial charge is 0.481 e. The Balaban J connectivity index is 2.48. The molecule has 8 heteroatoms. The SMILES string of the molecule is O=C(O)c1ccc(C2=CC(C(=O)O)C(C(=O)O)CC2)cc1C(=O)O. The minimum atomic E-state index is -1.41. The van der Waals surface area contributed by atoms with E-state index in [1.54, 1.807) is 0 Å². The molecule has 2 atom stereocenters. The van der Waals surface area contributed by atoms with Crippen LogP contribution >= 0.6 is 0 Å². The van der Waals surface area contributed by atoms with E-state index in [1.807, 2.05) is 0 Å². The van der Waals surface area contributed by atoms with Gasteiger partial charge in [-0.05, 0) is 36.1 Å². The fraction of sp³-hybridized carbons (Fsp3) is 0.250. The number of carbonyl (C=O) groups is 4. The lowest BCUT2D eigenvalue weighted by Gasteiger charge is -2.25. The van der Waals surface area contributed by atoms with Crippen molar-refractivity contribution in [1.29, 1.82) is 0 Å². The van der Waals surface area contributed by atoms with E-state index >= 15 is 0 Å². The smallest absolute Gasteiger partial charge is 0.336 e. The van der Waals surface area contributed by atoms with E-state index in [9.17, 15) is 24.3 Å². The summed E-state index contributed by atoms with van der Waals surface area (Å²) < 4.78 is 0. The third-order valence-corrected chi connectivity index (χ3v) is 3.99. The fourth-order valence-corrected chi connectivity index (χ4v) is 2.78. The molecule has 0 spiro atoms. The number of carboxylic acid groups (broad SMARTS) is 4. The summed E-state index contributed by atoms with van der Waals surface area (Å²) in [7, 11) is 0. The molecule has 126 valence electrons. The molecule has 0 aliphatic heterocycles. The van der Waals surface area contributed by atoms with E-state index in [1.165, 1.54) is 12.1 Å². The summed E-state index contributed by atoms with van der Waals surface area (Å²) >= 11 is 0. The number of hydrogen-bond acceptors (Lipinski definition) is 4. The molecule has 0 amide bonds. The van der Waals surface area contributed by atoms with Gasteiger partial charge in [0.1, 0.15) is 0 Å². The lowest BCUT2D eigenvalue weighted by molar-refractivity contribution is -0.152. The van der Waals surface area contributed by atoms with Crippen LogP contribution in [-0.2, 0) is 9.59 Å². The van der Waals surface area contributed by atoms with Crippen molar-refractivity contribution in [2.75, 3.05) is 0 Å². The summed E-state index contributed by atoms with van der Waals surface area (Å²) in [6, 6.07) is 3.69. The molecule has 8 nitrogen and oxygen atoms in total. The van der Waals surface area contributed by atoms with Crippen LogP contribution in [0.25, 0.3) is 5.57 Å². The topological polar surface area (TPSA) is 149 Å². The average Bonchev–Trinajstić information content (AvgIpc) is 2.53. The Bertz CT molecular complexity index is 761. The predicted octanol–water partition coefficient (Wildman–Crippen LogP) is 1.66. The second kappa shape index (κ2) is 6.53. The zero-order chi connectivity index (χ0) is 18.0. The van der Waals surface area contributed by atoms with Gasteiger partial charge in [0.15, 0.2) is 0 Å². The van der Waals surface area contributed by atoms with E-state index in [2.05, 4.69) is 0 Å². The zero-order valence-corrected chi connectivity index (χ0v) is 12.3. The van der Waals surface area contributed by atoms with Crippen LogP contribution in [0, 0.1) is 11.8 Å². The molecule has 0 saturated heterocycles. The molecule has 0 saturated carbocycles. The Morgan fingerprint density at radius 1 is 0.875 bits per heavy atom. The van der Waals surface area contributed by atoms with Crippen LogP contribution in [0.4, 0.5) is 0 Å². The van der Waals surface area contributed by atoms with E-state index in [-0.39, 0.29) is 18.4 Å². The summed E-state index contributed by atoms with van der Waals surface area (Å²) in [6.07, 6.45) is 1.65. The van der Waals surface area contributed by atoms with Crippen molar-refractivity contribution in [2.45, 2.75) is 12.8 Å². The number of carboxylic acids is 4. The van der Waals surface area contributed by atoms with Gasteiger partial charge in [-0.2, -0.15) is 0 Å². The highest BCUT2D eigenvalue weighted by atomic mass is 16.4. The molecule has 4 N–H and O–H groups in total. The van der Waals surface area contributed by atoms with Crippen molar-refractivity contribution in [1.82, 2.24) is 0 Å². The minimum Gasteiger partial charge on any atom is -0.481 e. The molecule has 0 bridgehead atoms. The second-order valence-corrected chi connectivity index (χ2v) is 5.41. The lowest BCUT2D eigenvalue weighted by Crippen LogP contribution is -2.31. The highest BCUT2D eigenvalue weighted by Gasteiger charge is 2.35. The van der Waals surface area contributed by atoms with Crippen molar-refractivity contribution in [2.24, 2.45) is 11.8 Å². The molecule has 1 aromatic carbocycles. The van der Waals surface area contributed by atoms with Gasteiger partial charge in [-0.3, -0.25) is 9.59 Å². The molecule has 0 aromatic heterocycles. The van der Waals surface area contributed by atoms with E-state index in [0.717, 1.165) is 12.1 Å². The fourth-order valence-electron chi connectivity index (χ4n) is 2.78. The van der Waals surface area contributed by atoms with Crippen LogP contribution in [0.2, 0.25) is 0 Å². The molecule has 24 heavy (non-hydrogen) atoms. The minimum absolute atomic E-state index is 0.0984. The first kappa shape index (κ1) is 17.2. The Morgan fingerprint density at radius 3 is 2.00 bits per heavy atom. The molecule has 0 heterocycles. The molecular weight excluding hydrogens is 320 g/mol. The second-order valence-electron chi connectivity index (χ2n) is 5.41. The van der Waals surface area contributed by atoms with Gasteiger partial charge in [-0.1, -0.05) is 12.1 Å². The zero-order valence-electron chi connectivity index (χ0n) is 12.3. The van der Waals surface area contributed by atoms with Gasteiger partial charge in [0.25, 0.3) is 0 Å². The van der Waals surface area contributed by atoms with E-state index in [0.29, 0.717) is 11.1 Å². The number of rotatable bonds is 5. The summed E-state index contributed by atoms with van der Waals surface area (Å²) in [5, 5.41) is 36.4. The molecule has 2 rings (SSSR count). The third-order valence-electron chi connectivity index (χ3n) is 3.99. The van der Waals surface area contributed by atoms with Crippen LogP contribution in [0.5, 0.6) is 0 Å². The standard InChI is InChI=1S/C16H14O8/c17-13(18)9-3-1-7(5-11(9)15(21)22)8-2-4-10(14(19)20)12(6-8)16(23)24/h1,3,5-6,10,12H,2,4H2,(H,17,18)(H,19,20)(H,21,22)(H,23,24). The van der Waals surface area contributed by atoms with Crippen molar-refractivity contribution in [3.8, 4) is 0 Å².